The number of hydrogen-bond acceptors (Lipinski definition) is 6. The number of nitrogens with zero attached hydrogens (tertiary/aromatic N) is 1. The maximum absolute atomic E-state index is 11.9. The van der Waals surface area contributed by atoms with Gasteiger partial charge in [-0.2, -0.15) is 0 Å². The maximum Gasteiger partial charge on any atom is 0.241 e. The van der Waals surface area contributed by atoms with Crippen LogP contribution >= 0.6 is 22.7 Å². The third kappa shape index (κ3) is 5.12. The molecule has 0 radical (unpaired) electrons. The molecule has 0 aromatic carbocycles. The highest BCUT2D eigenvalue weighted by molar-refractivity contribution is 7.92. The molecule has 0 saturated heterocycles. The molecule has 0 bridgehead atoms. The summed E-state index contributed by atoms with van der Waals surface area (Å²) < 4.78 is 23.7. The fraction of sp³-hybridized carbons (Fsp3) is 0.467. The molecule has 0 aliphatic heterocycles. The lowest BCUT2D eigenvalue weighted by Crippen LogP contribution is -2.26. The van der Waals surface area contributed by atoms with Gasteiger partial charge in [0.05, 0.1) is 16.3 Å². The molecule has 1 N–H and O–H groups in total. The van der Waals surface area contributed by atoms with Gasteiger partial charge >= 0.3 is 0 Å². The lowest BCUT2D eigenvalue weighted by Gasteiger charge is -2.06. The molecule has 126 valence electrons. The summed E-state index contributed by atoms with van der Waals surface area (Å²) in [6, 6.07) is 4.02. The molecular formula is C15H20N2O3S3. The Morgan fingerprint density at radius 2 is 1.96 bits per heavy atom. The van der Waals surface area contributed by atoms with E-state index in [9.17, 15) is 13.2 Å². The smallest absolute Gasteiger partial charge is 0.241 e. The number of rotatable bonds is 6. The van der Waals surface area contributed by atoms with Crippen LogP contribution in [-0.2, 0) is 14.6 Å². The van der Waals surface area contributed by atoms with E-state index in [1.54, 1.807) is 11.3 Å². The molecule has 0 unspecified atom stereocenters. The Hall–Kier alpha value is -1.25. The number of hydrogen-bond donors (Lipinski definition) is 1. The number of amides is 1. The Kier molecular flexibility index (Phi) is 5.59. The van der Waals surface area contributed by atoms with Crippen LogP contribution in [0.5, 0.6) is 0 Å². The van der Waals surface area contributed by atoms with Crippen LogP contribution in [0.4, 0.5) is 5.13 Å². The van der Waals surface area contributed by atoms with Crippen LogP contribution in [0.15, 0.2) is 12.1 Å². The minimum Gasteiger partial charge on any atom is -0.301 e. The molecule has 0 fully saturated rings. The zero-order chi connectivity index (χ0) is 17.2. The molecule has 2 rings (SSSR count). The average Bonchev–Trinajstić information content (AvgIpc) is 2.92. The van der Waals surface area contributed by atoms with Crippen LogP contribution < -0.4 is 5.32 Å². The fourth-order valence-corrected chi connectivity index (χ4v) is 5.59. The molecule has 0 atom stereocenters. The number of sulfone groups is 1. The summed E-state index contributed by atoms with van der Waals surface area (Å²) in [4.78, 5) is 19.6. The van der Waals surface area contributed by atoms with Gasteiger partial charge in [-0.05, 0) is 31.9 Å². The minimum absolute atomic E-state index is 0.00331. The molecule has 0 aliphatic carbocycles. The number of aryl methyl sites for hydroxylation is 2. The summed E-state index contributed by atoms with van der Waals surface area (Å²) in [5.74, 6) is -1.02. The Bertz CT molecular complexity index is 804. The van der Waals surface area contributed by atoms with E-state index in [-0.39, 0.29) is 11.7 Å². The second-order valence-electron chi connectivity index (χ2n) is 5.83. The van der Waals surface area contributed by atoms with Crippen molar-refractivity contribution in [3.05, 3.63) is 21.9 Å². The van der Waals surface area contributed by atoms with Crippen LogP contribution in [0, 0.1) is 19.8 Å². The SMILES string of the molecule is Cc1ccc(-c2nc(NC(=O)CS(=O)(=O)CC(C)C)sc2C)s1. The van der Waals surface area contributed by atoms with Gasteiger partial charge in [0.2, 0.25) is 5.91 Å². The number of carbonyl (C=O) groups excluding carboxylic acids is 1. The highest BCUT2D eigenvalue weighted by Crippen LogP contribution is 2.34. The highest BCUT2D eigenvalue weighted by Gasteiger charge is 2.20. The Morgan fingerprint density at radius 3 is 2.52 bits per heavy atom. The lowest BCUT2D eigenvalue weighted by molar-refractivity contribution is -0.113. The minimum atomic E-state index is -3.39. The summed E-state index contributed by atoms with van der Waals surface area (Å²) in [5.41, 5.74) is 0.841. The van der Waals surface area contributed by atoms with Crippen molar-refractivity contribution in [3.63, 3.8) is 0 Å². The number of thiophene rings is 1. The molecule has 0 spiro atoms. The molecule has 0 aliphatic rings. The van der Waals surface area contributed by atoms with Gasteiger partial charge in [-0.3, -0.25) is 4.79 Å². The van der Waals surface area contributed by atoms with Gasteiger partial charge in [0.15, 0.2) is 15.0 Å². The zero-order valence-corrected chi connectivity index (χ0v) is 16.0. The first-order chi connectivity index (χ1) is 10.7. The van der Waals surface area contributed by atoms with E-state index in [1.807, 2.05) is 39.8 Å². The van der Waals surface area contributed by atoms with Gasteiger partial charge in [0.1, 0.15) is 5.75 Å². The third-order valence-corrected chi connectivity index (χ3v) is 6.73. The number of anilines is 1. The van der Waals surface area contributed by atoms with Crippen molar-refractivity contribution >= 4 is 43.5 Å². The van der Waals surface area contributed by atoms with Crippen LogP contribution in [0.3, 0.4) is 0 Å². The van der Waals surface area contributed by atoms with Crippen LogP contribution in [-0.4, -0.2) is 30.8 Å². The number of nitrogens with one attached hydrogen (secondary N) is 1. The number of carbonyl (C=O) groups is 1. The van der Waals surface area contributed by atoms with E-state index in [1.165, 1.54) is 16.2 Å². The molecule has 1 amide bonds. The summed E-state index contributed by atoms with van der Waals surface area (Å²) >= 11 is 3.00. The standard InChI is InChI=1S/C15H20N2O3S3/c1-9(2)7-23(19,20)8-13(18)16-15-17-14(11(4)22-15)12-6-5-10(3)21-12/h5-6,9H,7-8H2,1-4H3,(H,16,17,18). The second-order valence-corrected chi connectivity index (χ2v) is 10.4. The largest absolute Gasteiger partial charge is 0.301 e. The van der Waals surface area contributed by atoms with Gasteiger partial charge < -0.3 is 5.32 Å². The Morgan fingerprint density at radius 1 is 1.26 bits per heavy atom. The molecule has 2 aromatic rings. The zero-order valence-electron chi connectivity index (χ0n) is 13.5. The fourth-order valence-electron chi connectivity index (χ4n) is 2.16. The van der Waals surface area contributed by atoms with Gasteiger partial charge in [-0.1, -0.05) is 13.8 Å². The van der Waals surface area contributed by atoms with E-state index >= 15 is 0 Å². The van der Waals surface area contributed by atoms with E-state index in [4.69, 9.17) is 0 Å². The van der Waals surface area contributed by atoms with Crippen molar-refractivity contribution in [3.8, 4) is 10.6 Å². The molecule has 2 heterocycles. The van der Waals surface area contributed by atoms with Crippen molar-refractivity contribution in [2.75, 3.05) is 16.8 Å². The predicted octanol–water partition coefficient (Wildman–Crippen LogP) is 3.50. The van der Waals surface area contributed by atoms with E-state index in [0.29, 0.717) is 5.13 Å². The summed E-state index contributed by atoms with van der Waals surface area (Å²) in [6.45, 7) is 7.59. The first-order valence-electron chi connectivity index (χ1n) is 7.21. The maximum atomic E-state index is 11.9. The normalized spacial score (nSPS) is 11.9. The molecule has 23 heavy (non-hydrogen) atoms. The molecule has 5 nitrogen and oxygen atoms in total. The molecular weight excluding hydrogens is 352 g/mol. The second kappa shape index (κ2) is 7.11. The van der Waals surface area contributed by atoms with Gasteiger partial charge in [-0.25, -0.2) is 13.4 Å². The van der Waals surface area contributed by atoms with Crippen molar-refractivity contribution in [1.82, 2.24) is 4.98 Å². The van der Waals surface area contributed by atoms with Crippen molar-refractivity contribution in [2.45, 2.75) is 27.7 Å². The summed E-state index contributed by atoms with van der Waals surface area (Å²) in [6.07, 6.45) is 0. The van der Waals surface area contributed by atoms with Crippen LogP contribution in [0.2, 0.25) is 0 Å². The summed E-state index contributed by atoms with van der Waals surface area (Å²) in [7, 11) is -3.39. The first-order valence-corrected chi connectivity index (χ1v) is 10.7. The quantitative estimate of drug-likeness (QED) is 0.842. The van der Waals surface area contributed by atoms with Gasteiger partial charge in [0, 0.05) is 9.75 Å². The number of thiazole rings is 1. The predicted molar refractivity (Wildman–Crippen MR) is 97.0 cm³/mol. The van der Waals surface area contributed by atoms with E-state index < -0.39 is 21.5 Å². The monoisotopic (exact) mass is 372 g/mol. The van der Waals surface area contributed by atoms with Gasteiger partial charge in [-0.15, -0.1) is 22.7 Å². The van der Waals surface area contributed by atoms with Crippen LogP contribution in [0.1, 0.15) is 23.6 Å². The first kappa shape index (κ1) is 18.1. The van der Waals surface area contributed by atoms with Gasteiger partial charge in [0.25, 0.3) is 0 Å². The highest BCUT2D eigenvalue weighted by atomic mass is 32.2. The van der Waals surface area contributed by atoms with E-state index in [0.717, 1.165) is 15.4 Å². The van der Waals surface area contributed by atoms with Crippen molar-refractivity contribution in [2.24, 2.45) is 5.92 Å². The van der Waals surface area contributed by atoms with Crippen molar-refractivity contribution < 1.29 is 13.2 Å². The molecule has 0 saturated carbocycles. The van der Waals surface area contributed by atoms with E-state index in [2.05, 4.69) is 10.3 Å². The Labute approximate surface area is 144 Å². The number of aromatic nitrogens is 1. The lowest BCUT2D eigenvalue weighted by atomic mass is 10.3. The third-order valence-electron chi connectivity index (χ3n) is 2.95. The summed E-state index contributed by atoms with van der Waals surface area (Å²) in [5, 5.41) is 3.04. The van der Waals surface area contributed by atoms with Crippen LogP contribution in [0.25, 0.3) is 10.6 Å². The molecule has 8 heteroatoms. The van der Waals surface area contributed by atoms with Crippen molar-refractivity contribution in [1.29, 1.82) is 0 Å². The topological polar surface area (TPSA) is 76.1 Å². The molecule has 2 aromatic heterocycles. The Balaban J connectivity index is 2.08. The average molecular weight is 373 g/mol.